The highest BCUT2D eigenvalue weighted by molar-refractivity contribution is 5.28. The molecule has 1 unspecified atom stereocenters. The first-order chi connectivity index (χ1) is 10.3. The van der Waals surface area contributed by atoms with Crippen molar-refractivity contribution in [2.75, 3.05) is 13.7 Å². The van der Waals surface area contributed by atoms with Gasteiger partial charge in [0, 0.05) is 0 Å². The summed E-state index contributed by atoms with van der Waals surface area (Å²) in [6.45, 7) is 3.05. The van der Waals surface area contributed by atoms with Crippen LogP contribution in [0.15, 0.2) is 24.3 Å². The summed E-state index contributed by atoms with van der Waals surface area (Å²) in [4.78, 5) is 0. The van der Waals surface area contributed by atoms with Gasteiger partial charge in [-0.25, -0.2) is 0 Å². The Morgan fingerprint density at radius 2 is 1.76 bits per heavy atom. The molecule has 1 atom stereocenters. The standard InChI is InChI=1S/C19H33NO/c1-3-4-5-6-7-8-9-11-18(16-20)14-17-12-10-13-19(15-17)21-2/h10,12-13,15,18H,3-9,11,14,16,20H2,1-2H3. The zero-order valence-electron chi connectivity index (χ0n) is 13.9. The van der Waals surface area contributed by atoms with Gasteiger partial charge in [0.1, 0.15) is 5.75 Å². The fraction of sp³-hybridized carbons (Fsp3) is 0.684. The molecular weight excluding hydrogens is 258 g/mol. The van der Waals surface area contributed by atoms with Crippen molar-refractivity contribution in [3.63, 3.8) is 0 Å². The zero-order chi connectivity index (χ0) is 15.3. The predicted molar refractivity (Wildman–Crippen MR) is 91.9 cm³/mol. The topological polar surface area (TPSA) is 35.2 Å². The summed E-state index contributed by atoms with van der Waals surface area (Å²) in [5, 5.41) is 0. The van der Waals surface area contributed by atoms with Gasteiger partial charge in [0.25, 0.3) is 0 Å². The third-order valence-corrected chi connectivity index (χ3v) is 4.21. The number of benzene rings is 1. The van der Waals surface area contributed by atoms with Gasteiger partial charge >= 0.3 is 0 Å². The molecule has 0 aromatic heterocycles. The maximum atomic E-state index is 5.94. The molecular formula is C19H33NO. The minimum Gasteiger partial charge on any atom is -0.497 e. The Morgan fingerprint density at radius 3 is 2.43 bits per heavy atom. The molecule has 0 aliphatic heterocycles. The van der Waals surface area contributed by atoms with Crippen LogP contribution < -0.4 is 10.5 Å². The van der Waals surface area contributed by atoms with Crippen LogP contribution in [0.25, 0.3) is 0 Å². The molecule has 0 radical (unpaired) electrons. The summed E-state index contributed by atoms with van der Waals surface area (Å²) < 4.78 is 5.28. The summed E-state index contributed by atoms with van der Waals surface area (Å²) in [6.07, 6.45) is 11.9. The molecule has 1 aromatic carbocycles. The molecule has 0 amide bonds. The van der Waals surface area contributed by atoms with E-state index in [0.29, 0.717) is 5.92 Å². The van der Waals surface area contributed by atoms with E-state index in [1.807, 2.05) is 6.07 Å². The Labute approximate surface area is 131 Å². The van der Waals surface area contributed by atoms with Gasteiger partial charge in [-0.15, -0.1) is 0 Å². The van der Waals surface area contributed by atoms with Gasteiger partial charge in [-0.2, -0.15) is 0 Å². The highest BCUT2D eigenvalue weighted by Crippen LogP contribution is 2.19. The summed E-state index contributed by atoms with van der Waals surface area (Å²) in [6, 6.07) is 8.37. The first-order valence-electron chi connectivity index (χ1n) is 8.63. The van der Waals surface area contributed by atoms with Gasteiger partial charge in [-0.05, 0) is 43.0 Å². The summed E-state index contributed by atoms with van der Waals surface area (Å²) in [5.74, 6) is 1.55. The van der Waals surface area contributed by atoms with Crippen LogP contribution in [0.4, 0.5) is 0 Å². The van der Waals surface area contributed by atoms with Gasteiger partial charge in [-0.3, -0.25) is 0 Å². The monoisotopic (exact) mass is 291 g/mol. The van der Waals surface area contributed by atoms with Crippen molar-refractivity contribution in [3.05, 3.63) is 29.8 Å². The molecule has 1 rings (SSSR count). The molecule has 0 bridgehead atoms. The lowest BCUT2D eigenvalue weighted by Gasteiger charge is -2.15. The Morgan fingerprint density at radius 1 is 1.05 bits per heavy atom. The Balaban J connectivity index is 2.22. The fourth-order valence-corrected chi connectivity index (χ4v) is 2.83. The lowest BCUT2D eigenvalue weighted by atomic mass is 9.93. The molecule has 2 nitrogen and oxygen atoms in total. The van der Waals surface area contributed by atoms with E-state index in [1.54, 1.807) is 7.11 Å². The third kappa shape index (κ3) is 8.11. The number of hydrogen-bond acceptors (Lipinski definition) is 2. The molecule has 2 N–H and O–H groups in total. The second-order valence-electron chi connectivity index (χ2n) is 6.07. The highest BCUT2D eigenvalue weighted by Gasteiger charge is 2.08. The highest BCUT2D eigenvalue weighted by atomic mass is 16.5. The number of rotatable bonds is 12. The smallest absolute Gasteiger partial charge is 0.119 e. The second-order valence-corrected chi connectivity index (χ2v) is 6.07. The van der Waals surface area contributed by atoms with Crippen molar-refractivity contribution in [3.8, 4) is 5.75 Å². The molecule has 0 saturated heterocycles. The summed E-state index contributed by atoms with van der Waals surface area (Å²) in [5.41, 5.74) is 7.28. The van der Waals surface area contributed by atoms with Gasteiger partial charge in [0.15, 0.2) is 0 Å². The molecule has 0 spiro atoms. The minimum absolute atomic E-state index is 0.604. The van der Waals surface area contributed by atoms with Gasteiger partial charge in [-0.1, -0.05) is 64.0 Å². The molecule has 21 heavy (non-hydrogen) atoms. The average Bonchev–Trinajstić information content (AvgIpc) is 2.53. The van der Waals surface area contributed by atoms with Crippen LogP contribution in [0.3, 0.4) is 0 Å². The fourth-order valence-electron chi connectivity index (χ4n) is 2.83. The van der Waals surface area contributed by atoms with Crippen molar-refractivity contribution in [1.29, 1.82) is 0 Å². The van der Waals surface area contributed by atoms with E-state index in [0.717, 1.165) is 18.7 Å². The van der Waals surface area contributed by atoms with Gasteiger partial charge in [0.2, 0.25) is 0 Å². The normalized spacial score (nSPS) is 12.3. The number of hydrogen-bond donors (Lipinski definition) is 1. The molecule has 0 aliphatic carbocycles. The second kappa shape index (κ2) is 11.6. The van der Waals surface area contributed by atoms with Crippen LogP contribution in [0.1, 0.15) is 63.9 Å². The van der Waals surface area contributed by atoms with Crippen LogP contribution >= 0.6 is 0 Å². The van der Waals surface area contributed by atoms with Crippen molar-refractivity contribution >= 4 is 0 Å². The SMILES string of the molecule is CCCCCCCCCC(CN)Cc1cccc(OC)c1. The molecule has 0 heterocycles. The average molecular weight is 291 g/mol. The van der Waals surface area contributed by atoms with E-state index >= 15 is 0 Å². The number of ether oxygens (including phenoxy) is 1. The molecule has 0 aliphatic rings. The molecule has 1 aromatic rings. The van der Waals surface area contributed by atoms with Crippen molar-refractivity contribution in [2.24, 2.45) is 11.7 Å². The van der Waals surface area contributed by atoms with E-state index in [9.17, 15) is 0 Å². The van der Waals surface area contributed by atoms with E-state index in [2.05, 4.69) is 25.1 Å². The lowest BCUT2D eigenvalue weighted by molar-refractivity contribution is 0.412. The van der Waals surface area contributed by atoms with Crippen LogP contribution in [0.2, 0.25) is 0 Å². The Kier molecular flexibility index (Phi) is 9.98. The van der Waals surface area contributed by atoms with Crippen LogP contribution in [0, 0.1) is 5.92 Å². The maximum Gasteiger partial charge on any atom is 0.119 e. The van der Waals surface area contributed by atoms with Crippen LogP contribution in [-0.4, -0.2) is 13.7 Å². The van der Waals surface area contributed by atoms with Crippen molar-refractivity contribution < 1.29 is 4.74 Å². The number of methoxy groups -OCH3 is 1. The summed E-state index contributed by atoms with van der Waals surface area (Å²) >= 11 is 0. The largest absolute Gasteiger partial charge is 0.497 e. The van der Waals surface area contributed by atoms with Crippen molar-refractivity contribution in [1.82, 2.24) is 0 Å². The van der Waals surface area contributed by atoms with E-state index < -0.39 is 0 Å². The summed E-state index contributed by atoms with van der Waals surface area (Å²) in [7, 11) is 1.72. The zero-order valence-corrected chi connectivity index (χ0v) is 13.9. The van der Waals surface area contributed by atoms with Crippen LogP contribution in [0.5, 0.6) is 5.75 Å². The Bertz CT molecular complexity index is 364. The number of unbranched alkanes of at least 4 members (excludes halogenated alkanes) is 6. The Hall–Kier alpha value is -1.02. The maximum absolute atomic E-state index is 5.94. The predicted octanol–water partition coefficient (Wildman–Crippen LogP) is 4.95. The van der Waals surface area contributed by atoms with E-state index in [4.69, 9.17) is 10.5 Å². The van der Waals surface area contributed by atoms with Crippen LogP contribution in [-0.2, 0) is 6.42 Å². The molecule has 0 saturated carbocycles. The lowest BCUT2D eigenvalue weighted by Crippen LogP contribution is -2.17. The molecule has 120 valence electrons. The first kappa shape index (κ1) is 18.0. The number of nitrogens with two attached hydrogens (primary N) is 1. The quantitative estimate of drug-likeness (QED) is 0.553. The third-order valence-electron chi connectivity index (χ3n) is 4.21. The minimum atomic E-state index is 0.604. The molecule has 0 fully saturated rings. The van der Waals surface area contributed by atoms with E-state index in [1.165, 1.54) is 56.9 Å². The van der Waals surface area contributed by atoms with Gasteiger partial charge < -0.3 is 10.5 Å². The first-order valence-corrected chi connectivity index (χ1v) is 8.63. The van der Waals surface area contributed by atoms with E-state index in [-0.39, 0.29) is 0 Å². The molecule has 2 heteroatoms. The van der Waals surface area contributed by atoms with Gasteiger partial charge in [0.05, 0.1) is 7.11 Å². The van der Waals surface area contributed by atoms with Crippen molar-refractivity contribution in [2.45, 2.75) is 64.7 Å².